The van der Waals surface area contributed by atoms with Gasteiger partial charge in [0, 0.05) is 11.8 Å². The van der Waals surface area contributed by atoms with Crippen LogP contribution in [0.4, 0.5) is 10.1 Å². The maximum Gasteiger partial charge on any atom is 0.259 e. The maximum atomic E-state index is 13.0. The molecule has 0 aliphatic heterocycles. The van der Waals surface area contributed by atoms with Crippen molar-refractivity contribution in [3.63, 3.8) is 0 Å². The molecule has 0 spiro atoms. The largest absolute Gasteiger partial charge is 0.508 e. The van der Waals surface area contributed by atoms with E-state index in [2.05, 4.69) is 5.32 Å². The van der Waals surface area contributed by atoms with E-state index in [0.717, 1.165) is 18.2 Å². The SMILES string of the molecule is Cc1ccc(NC(=O)c2cc(F)ccc2O)cc1O. The standard InChI is InChI=1S/C14H12FNO3/c1-8-2-4-10(7-13(8)18)16-14(19)11-6-9(15)3-5-12(11)17/h2-7,17-18H,1H3,(H,16,19). The second kappa shape index (κ2) is 4.97. The molecule has 3 N–H and O–H groups in total. The van der Waals surface area contributed by atoms with Gasteiger partial charge in [0.2, 0.25) is 0 Å². The lowest BCUT2D eigenvalue weighted by atomic mass is 10.1. The summed E-state index contributed by atoms with van der Waals surface area (Å²) in [5.41, 5.74) is 0.864. The third-order valence-electron chi connectivity index (χ3n) is 2.67. The highest BCUT2D eigenvalue weighted by molar-refractivity contribution is 6.06. The van der Waals surface area contributed by atoms with Crippen LogP contribution in [0.3, 0.4) is 0 Å². The third-order valence-corrected chi connectivity index (χ3v) is 2.67. The van der Waals surface area contributed by atoms with Crippen molar-refractivity contribution in [2.75, 3.05) is 5.32 Å². The summed E-state index contributed by atoms with van der Waals surface area (Å²) in [6.07, 6.45) is 0. The molecule has 0 saturated carbocycles. The zero-order valence-corrected chi connectivity index (χ0v) is 10.1. The average Bonchev–Trinajstić information content (AvgIpc) is 2.36. The van der Waals surface area contributed by atoms with Gasteiger partial charge in [0.1, 0.15) is 17.3 Å². The van der Waals surface area contributed by atoms with Crippen LogP contribution in [0.25, 0.3) is 0 Å². The van der Waals surface area contributed by atoms with Crippen molar-refractivity contribution in [1.29, 1.82) is 0 Å². The summed E-state index contributed by atoms with van der Waals surface area (Å²) in [6, 6.07) is 7.72. The van der Waals surface area contributed by atoms with Gasteiger partial charge in [0.05, 0.1) is 5.56 Å². The first-order valence-electron chi connectivity index (χ1n) is 5.57. The number of rotatable bonds is 2. The van der Waals surface area contributed by atoms with E-state index in [1.165, 1.54) is 6.07 Å². The molecule has 0 aliphatic rings. The van der Waals surface area contributed by atoms with E-state index in [-0.39, 0.29) is 17.1 Å². The van der Waals surface area contributed by atoms with Crippen molar-refractivity contribution < 1.29 is 19.4 Å². The van der Waals surface area contributed by atoms with E-state index in [9.17, 15) is 19.4 Å². The summed E-state index contributed by atoms with van der Waals surface area (Å²) >= 11 is 0. The second-order valence-corrected chi connectivity index (χ2v) is 4.12. The molecule has 2 aromatic rings. The first-order chi connectivity index (χ1) is 8.97. The molecule has 0 bridgehead atoms. The number of hydrogen-bond acceptors (Lipinski definition) is 3. The quantitative estimate of drug-likeness (QED) is 0.778. The van der Waals surface area contributed by atoms with Gasteiger partial charge in [-0.1, -0.05) is 6.07 Å². The lowest BCUT2D eigenvalue weighted by Gasteiger charge is -2.08. The van der Waals surface area contributed by atoms with Crippen LogP contribution in [0.5, 0.6) is 11.5 Å². The fourth-order valence-electron chi connectivity index (χ4n) is 1.58. The zero-order valence-electron chi connectivity index (χ0n) is 10.1. The van der Waals surface area contributed by atoms with E-state index < -0.39 is 11.7 Å². The van der Waals surface area contributed by atoms with Crippen LogP contribution >= 0.6 is 0 Å². The number of halogens is 1. The fraction of sp³-hybridized carbons (Fsp3) is 0.0714. The van der Waals surface area contributed by atoms with Crippen LogP contribution in [0.2, 0.25) is 0 Å². The Morgan fingerprint density at radius 2 is 1.84 bits per heavy atom. The van der Waals surface area contributed by atoms with Crippen molar-refractivity contribution in [2.24, 2.45) is 0 Å². The monoisotopic (exact) mass is 261 g/mol. The molecule has 0 atom stereocenters. The molecule has 0 unspecified atom stereocenters. The zero-order chi connectivity index (χ0) is 14.0. The Hall–Kier alpha value is -2.56. The van der Waals surface area contributed by atoms with Crippen molar-refractivity contribution in [3.8, 4) is 11.5 Å². The Morgan fingerprint density at radius 3 is 2.53 bits per heavy atom. The number of hydrogen-bond donors (Lipinski definition) is 3. The number of amides is 1. The van der Waals surface area contributed by atoms with Crippen LogP contribution in [0, 0.1) is 12.7 Å². The molecule has 0 saturated heterocycles. The van der Waals surface area contributed by atoms with Gasteiger partial charge in [-0.2, -0.15) is 0 Å². The third kappa shape index (κ3) is 2.82. The molecule has 2 rings (SSSR count). The Morgan fingerprint density at radius 1 is 1.11 bits per heavy atom. The fourth-order valence-corrected chi connectivity index (χ4v) is 1.58. The highest BCUT2D eigenvalue weighted by Gasteiger charge is 2.12. The molecule has 98 valence electrons. The molecule has 0 heterocycles. The van der Waals surface area contributed by atoms with E-state index in [1.807, 2.05) is 0 Å². The number of carbonyl (C=O) groups is 1. The number of phenolic OH excluding ortho intramolecular Hbond substituents is 2. The predicted molar refractivity (Wildman–Crippen MR) is 68.9 cm³/mol. The molecule has 5 heteroatoms. The minimum absolute atomic E-state index is 0.0428. The first-order valence-corrected chi connectivity index (χ1v) is 5.57. The number of aromatic hydroxyl groups is 2. The second-order valence-electron chi connectivity index (χ2n) is 4.12. The summed E-state index contributed by atoms with van der Waals surface area (Å²) < 4.78 is 13.0. The molecular formula is C14H12FNO3. The summed E-state index contributed by atoms with van der Waals surface area (Å²) in [5.74, 6) is -1.54. The Labute approximate surface area is 109 Å². The van der Waals surface area contributed by atoms with E-state index in [4.69, 9.17) is 0 Å². The Bertz CT molecular complexity index is 641. The highest BCUT2D eigenvalue weighted by atomic mass is 19.1. The molecule has 0 aromatic heterocycles. The summed E-state index contributed by atoms with van der Waals surface area (Å²) in [4.78, 5) is 11.9. The Balaban J connectivity index is 2.25. The van der Waals surface area contributed by atoms with Gasteiger partial charge in [0.15, 0.2) is 0 Å². The highest BCUT2D eigenvalue weighted by Crippen LogP contribution is 2.23. The summed E-state index contributed by atoms with van der Waals surface area (Å²) in [6.45, 7) is 1.72. The van der Waals surface area contributed by atoms with Crippen LogP contribution < -0.4 is 5.32 Å². The normalized spacial score (nSPS) is 10.2. The van der Waals surface area contributed by atoms with Gasteiger partial charge >= 0.3 is 0 Å². The molecule has 4 nitrogen and oxygen atoms in total. The predicted octanol–water partition coefficient (Wildman–Crippen LogP) is 2.80. The lowest BCUT2D eigenvalue weighted by Crippen LogP contribution is -2.12. The van der Waals surface area contributed by atoms with E-state index >= 15 is 0 Å². The van der Waals surface area contributed by atoms with Gasteiger partial charge in [-0.15, -0.1) is 0 Å². The molecule has 0 radical (unpaired) electrons. The lowest BCUT2D eigenvalue weighted by molar-refractivity contribution is 0.102. The molecule has 0 aliphatic carbocycles. The minimum atomic E-state index is -0.653. The average molecular weight is 261 g/mol. The van der Waals surface area contributed by atoms with Crippen LogP contribution in [0.15, 0.2) is 36.4 Å². The summed E-state index contributed by atoms with van der Waals surface area (Å²) in [5, 5.41) is 21.5. The molecule has 2 aromatic carbocycles. The molecule has 19 heavy (non-hydrogen) atoms. The van der Waals surface area contributed by atoms with E-state index in [0.29, 0.717) is 11.3 Å². The van der Waals surface area contributed by atoms with Crippen molar-refractivity contribution in [2.45, 2.75) is 6.92 Å². The number of phenols is 2. The van der Waals surface area contributed by atoms with Crippen molar-refractivity contribution in [3.05, 3.63) is 53.3 Å². The van der Waals surface area contributed by atoms with Gasteiger partial charge in [-0.3, -0.25) is 4.79 Å². The topological polar surface area (TPSA) is 69.6 Å². The van der Waals surface area contributed by atoms with Crippen molar-refractivity contribution in [1.82, 2.24) is 0 Å². The smallest absolute Gasteiger partial charge is 0.259 e. The number of aryl methyl sites for hydroxylation is 1. The first kappa shape index (κ1) is 12.9. The molecule has 1 amide bonds. The van der Waals surface area contributed by atoms with Gasteiger partial charge in [-0.05, 0) is 36.8 Å². The van der Waals surface area contributed by atoms with Crippen molar-refractivity contribution >= 4 is 11.6 Å². The van der Waals surface area contributed by atoms with E-state index in [1.54, 1.807) is 19.1 Å². The molecule has 0 fully saturated rings. The maximum absolute atomic E-state index is 13.0. The Kier molecular flexibility index (Phi) is 3.37. The van der Waals surface area contributed by atoms with Crippen LogP contribution in [0.1, 0.15) is 15.9 Å². The summed E-state index contributed by atoms with van der Waals surface area (Å²) in [7, 11) is 0. The number of benzene rings is 2. The number of nitrogens with one attached hydrogen (secondary N) is 1. The van der Waals surface area contributed by atoms with Crippen LogP contribution in [-0.2, 0) is 0 Å². The molecular weight excluding hydrogens is 249 g/mol. The van der Waals surface area contributed by atoms with Gasteiger partial charge in [0.25, 0.3) is 5.91 Å². The van der Waals surface area contributed by atoms with Gasteiger partial charge in [-0.25, -0.2) is 4.39 Å². The minimum Gasteiger partial charge on any atom is -0.508 e. The number of carbonyl (C=O) groups excluding carboxylic acids is 1. The number of anilines is 1. The van der Waals surface area contributed by atoms with Gasteiger partial charge < -0.3 is 15.5 Å². The van der Waals surface area contributed by atoms with Crippen LogP contribution in [-0.4, -0.2) is 16.1 Å².